The SMILES string of the molecule is CC1CCCC(NC(=O)NC2NC(C)CC(NCCCCO)N2)C1. The van der Waals surface area contributed by atoms with Gasteiger partial charge in [-0.25, -0.2) is 4.79 Å². The lowest BCUT2D eigenvalue weighted by molar-refractivity contribution is 0.182. The Morgan fingerprint density at radius 3 is 2.71 bits per heavy atom. The second-order valence-corrected chi connectivity index (χ2v) is 7.43. The van der Waals surface area contributed by atoms with E-state index in [9.17, 15) is 4.79 Å². The second-order valence-electron chi connectivity index (χ2n) is 7.43. The predicted molar refractivity (Wildman–Crippen MR) is 95.3 cm³/mol. The van der Waals surface area contributed by atoms with E-state index in [1.54, 1.807) is 0 Å². The third-order valence-corrected chi connectivity index (χ3v) is 4.93. The Hall–Kier alpha value is -0.890. The van der Waals surface area contributed by atoms with Crippen LogP contribution in [0.1, 0.15) is 58.8 Å². The summed E-state index contributed by atoms with van der Waals surface area (Å²) in [5.74, 6) is 0.697. The van der Waals surface area contributed by atoms with E-state index in [0.29, 0.717) is 18.0 Å². The van der Waals surface area contributed by atoms with E-state index in [4.69, 9.17) is 5.11 Å². The number of aliphatic hydroxyl groups excluding tert-OH is 1. The zero-order valence-corrected chi connectivity index (χ0v) is 15.1. The van der Waals surface area contributed by atoms with Crippen LogP contribution < -0.4 is 26.6 Å². The van der Waals surface area contributed by atoms with Crippen LogP contribution in [0.25, 0.3) is 0 Å². The summed E-state index contributed by atoms with van der Waals surface area (Å²) >= 11 is 0. The van der Waals surface area contributed by atoms with Crippen molar-refractivity contribution >= 4 is 6.03 Å². The van der Waals surface area contributed by atoms with Crippen LogP contribution in [-0.4, -0.2) is 48.8 Å². The molecule has 5 unspecified atom stereocenters. The quantitative estimate of drug-likeness (QED) is 0.385. The van der Waals surface area contributed by atoms with Crippen molar-refractivity contribution in [2.24, 2.45) is 5.92 Å². The van der Waals surface area contributed by atoms with Gasteiger partial charge >= 0.3 is 6.03 Å². The fourth-order valence-corrected chi connectivity index (χ4v) is 3.69. The molecular weight excluding hydrogens is 306 g/mol. The first-order valence-electron chi connectivity index (χ1n) is 9.50. The standard InChI is InChI=1S/C17H35N5O2/c1-12-6-5-7-14(10-12)20-17(24)22-16-19-13(2)11-15(21-16)18-8-3-4-9-23/h12-16,18-19,21,23H,3-11H2,1-2H3,(H2,20,22,24). The highest BCUT2D eigenvalue weighted by Crippen LogP contribution is 2.23. The van der Waals surface area contributed by atoms with Crippen molar-refractivity contribution in [3.63, 3.8) is 0 Å². The lowest BCUT2D eigenvalue weighted by Gasteiger charge is -2.37. The largest absolute Gasteiger partial charge is 0.396 e. The average molecular weight is 342 g/mol. The smallest absolute Gasteiger partial charge is 0.317 e. The first-order chi connectivity index (χ1) is 11.6. The summed E-state index contributed by atoms with van der Waals surface area (Å²) in [6.45, 7) is 5.48. The van der Waals surface area contributed by atoms with Gasteiger partial charge in [-0.05, 0) is 51.5 Å². The molecule has 1 heterocycles. The number of unbranched alkanes of at least 4 members (excludes halogenated alkanes) is 1. The number of hydrogen-bond donors (Lipinski definition) is 6. The third kappa shape index (κ3) is 6.93. The molecule has 2 amide bonds. The van der Waals surface area contributed by atoms with E-state index in [1.165, 1.54) is 12.8 Å². The Bertz CT molecular complexity index is 382. The highest BCUT2D eigenvalue weighted by molar-refractivity contribution is 5.74. The molecule has 1 saturated carbocycles. The molecule has 0 bridgehead atoms. The molecule has 7 heteroatoms. The lowest BCUT2D eigenvalue weighted by atomic mass is 9.87. The maximum atomic E-state index is 12.2. The Kier molecular flexibility index (Phi) is 8.24. The second kappa shape index (κ2) is 10.2. The summed E-state index contributed by atoms with van der Waals surface area (Å²) in [6, 6.07) is 0.510. The zero-order valence-electron chi connectivity index (χ0n) is 15.1. The van der Waals surface area contributed by atoms with E-state index < -0.39 is 0 Å². The van der Waals surface area contributed by atoms with Crippen LogP contribution in [-0.2, 0) is 0 Å². The molecule has 6 N–H and O–H groups in total. The van der Waals surface area contributed by atoms with Crippen LogP contribution in [0.5, 0.6) is 0 Å². The molecule has 0 aromatic heterocycles. The predicted octanol–water partition coefficient (Wildman–Crippen LogP) is 0.808. The Morgan fingerprint density at radius 2 is 1.96 bits per heavy atom. The monoisotopic (exact) mass is 341 g/mol. The maximum Gasteiger partial charge on any atom is 0.317 e. The molecular formula is C17H35N5O2. The van der Waals surface area contributed by atoms with Crippen LogP contribution in [0.3, 0.4) is 0 Å². The van der Waals surface area contributed by atoms with Crippen LogP contribution in [0, 0.1) is 5.92 Å². The number of urea groups is 1. The van der Waals surface area contributed by atoms with E-state index in [0.717, 1.165) is 38.6 Å². The van der Waals surface area contributed by atoms with Gasteiger partial charge < -0.3 is 21.1 Å². The van der Waals surface area contributed by atoms with Crippen LogP contribution in [0.4, 0.5) is 4.79 Å². The molecule has 1 aliphatic carbocycles. The molecule has 2 rings (SSSR count). The van der Waals surface area contributed by atoms with Crippen molar-refractivity contribution < 1.29 is 9.90 Å². The van der Waals surface area contributed by atoms with E-state index >= 15 is 0 Å². The molecule has 0 spiro atoms. The van der Waals surface area contributed by atoms with Crippen LogP contribution >= 0.6 is 0 Å². The number of nitrogens with one attached hydrogen (secondary N) is 5. The van der Waals surface area contributed by atoms with Gasteiger partial charge in [0.2, 0.25) is 0 Å². The van der Waals surface area contributed by atoms with Crippen molar-refractivity contribution in [2.75, 3.05) is 13.2 Å². The van der Waals surface area contributed by atoms with E-state index in [-0.39, 0.29) is 25.1 Å². The summed E-state index contributed by atoms with van der Waals surface area (Å²) in [6.07, 6.45) is 7.28. The minimum absolute atomic E-state index is 0.104. The van der Waals surface area contributed by atoms with Crippen LogP contribution in [0.15, 0.2) is 0 Å². The maximum absolute atomic E-state index is 12.2. The fraction of sp³-hybridized carbons (Fsp3) is 0.941. The first kappa shape index (κ1) is 19.4. The molecule has 24 heavy (non-hydrogen) atoms. The van der Waals surface area contributed by atoms with Gasteiger partial charge in [-0.15, -0.1) is 0 Å². The third-order valence-electron chi connectivity index (χ3n) is 4.93. The number of carbonyl (C=O) groups excluding carboxylic acids is 1. The van der Waals surface area contributed by atoms with Gasteiger partial charge in [-0.3, -0.25) is 10.6 Å². The average Bonchev–Trinajstić information content (AvgIpc) is 2.51. The Morgan fingerprint density at radius 1 is 1.12 bits per heavy atom. The highest BCUT2D eigenvalue weighted by Gasteiger charge is 2.27. The molecule has 1 aliphatic heterocycles. The van der Waals surface area contributed by atoms with Gasteiger partial charge in [0, 0.05) is 18.7 Å². The molecule has 5 atom stereocenters. The van der Waals surface area contributed by atoms with Gasteiger partial charge in [-0.2, -0.15) is 0 Å². The van der Waals surface area contributed by atoms with Gasteiger partial charge in [-0.1, -0.05) is 19.8 Å². The minimum Gasteiger partial charge on any atom is -0.396 e. The van der Waals surface area contributed by atoms with E-state index in [2.05, 4.69) is 40.4 Å². The van der Waals surface area contributed by atoms with Crippen molar-refractivity contribution in [3.8, 4) is 0 Å². The number of rotatable bonds is 7. The molecule has 2 aliphatic rings. The summed E-state index contributed by atoms with van der Waals surface area (Å²) in [5, 5.41) is 25.1. The van der Waals surface area contributed by atoms with Gasteiger partial charge in [0.1, 0.15) is 6.29 Å². The van der Waals surface area contributed by atoms with Crippen molar-refractivity contribution in [1.82, 2.24) is 26.6 Å². The number of amides is 2. The minimum atomic E-state index is -0.231. The molecule has 140 valence electrons. The van der Waals surface area contributed by atoms with Gasteiger partial charge in [0.25, 0.3) is 0 Å². The van der Waals surface area contributed by atoms with Gasteiger partial charge in [0.15, 0.2) is 0 Å². The van der Waals surface area contributed by atoms with Crippen molar-refractivity contribution in [1.29, 1.82) is 0 Å². The molecule has 0 aromatic carbocycles. The summed E-state index contributed by atoms with van der Waals surface area (Å²) in [4.78, 5) is 12.2. The van der Waals surface area contributed by atoms with Crippen LogP contribution in [0.2, 0.25) is 0 Å². The van der Waals surface area contributed by atoms with Gasteiger partial charge in [0.05, 0.1) is 6.17 Å². The molecule has 2 fully saturated rings. The van der Waals surface area contributed by atoms with Crippen molar-refractivity contribution in [3.05, 3.63) is 0 Å². The Labute approximate surface area is 145 Å². The fourth-order valence-electron chi connectivity index (χ4n) is 3.69. The van der Waals surface area contributed by atoms with Crippen molar-refractivity contribution in [2.45, 2.75) is 83.3 Å². The number of hydrogen-bond acceptors (Lipinski definition) is 5. The number of carbonyl (C=O) groups is 1. The molecule has 0 aromatic rings. The topological polar surface area (TPSA) is 97.5 Å². The molecule has 0 radical (unpaired) electrons. The van der Waals surface area contributed by atoms with E-state index in [1.807, 2.05) is 0 Å². The first-order valence-corrected chi connectivity index (χ1v) is 9.50. The molecule has 1 saturated heterocycles. The lowest BCUT2D eigenvalue weighted by Crippen LogP contribution is -2.68. The zero-order chi connectivity index (χ0) is 17.4. The molecule has 7 nitrogen and oxygen atoms in total. The Balaban J connectivity index is 1.70. The number of aliphatic hydroxyl groups is 1. The summed E-state index contributed by atoms with van der Waals surface area (Å²) in [5.41, 5.74) is 0. The normalized spacial score (nSPS) is 33.9. The summed E-state index contributed by atoms with van der Waals surface area (Å²) in [7, 11) is 0. The summed E-state index contributed by atoms with van der Waals surface area (Å²) < 4.78 is 0. The highest BCUT2D eigenvalue weighted by atomic mass is 16.3.